The molecule has 1 aromatic carbocycles. The van der Waals surface area contributed by atoms with Crippen molar-refractivity contribution in [3.63, 3.8) is 0 Å². The second-order valence-corrected chi connectivity index (χ2v) is 9.57. The molecule has 2 aromatic heterocycles. The van der Waals surface area contributed by atoms with Crippen LogP contribution in [0.3, 0.4) is 0 Å². The number of thiazole rings is 1. The molecule has 0 saturated carbocycles. The molecule has 0 bridgehead atoms. The van der Waals surface area contributed by atoms with E-state index in [0.717, 1.165) is 45.6 Å². The normalized spacial score (nSPS) is 19.1. The van der Waals surface area contributed by atoms with Crippen molar-refractivity contribution < 1.29 is 0 Å². The molecule has 1 saturated heterocycles. The van der Waals surface area contributed by atoms with Crippen molar-refractivity contribution in [3.05, 3.63) is 50.2 Å². The summed E-state index contributed by atoms with van der Waals surface area (Å²) in [6.45, 7) is 5.68. The minimum atomic E-state index is -0.253. The van der Waals surface area contributed by atoms with Crippen LogP contribution in [0, 0.1) is 24.2 Å². The van der Waals surface area contributed by atoms with Gasteiger partial charge in [0, 0.05) is 43.9 Å². The summed E-state index contributed by atoms with van der Waals surface area (Å²) in [5.74, 6) is 0.338. The Hall–Kier alpha value is -2.56. The SMILES string of the molecule is Cc1nc2c(N3CC[C@@H](N(C)c4ccc(Cl)cc4)[C@@H](C)C3)c(C#N)c(=O)n(C)c2s1. The summed E-state index contributed by atoms with van der Waals surface area (Å²) in [5, 5.41) is 11.4. The van der Waals surface area contributed by atoms with E-state index < -0.39 is 0 Å². The Morgan fingerprint density at radius 2 is 2.03 bits per heavy atom. The molecule has 0 unspecified atom stereocenters. The number of nitrogens with zero attached hydrogens (tertiary/aromatic N) is 5. The Morgan fingerprint density at radius 1 is 1.33 bits per heavy atom. The minimum Gasteiger partial charge on any atom is -0.371 e. The molecule has 0 aliphatic carbocycles. The maximum Gasteiger partial charge on any atom is 0.271 e. The van der Waals surface area contributed by atoms with E-state index in [0.29, 0.717) is 17.6 Å². The first-order valence-electron chi connectivity index (χ1n) is 9.95. The Labute approximate surface area is 184 Å². The summed E-state index contributed by atoms with van der Waals surface area (Å²) in [5.41, 5.74) is 2.52. The number of anilines is 2. The fraction of sp³-hybridized carbons (Fsp3) is 0.409. The standard InChI is InChI=1S/C22H24ClN5OS/c1-13-12-28(10-9-18(13)26(3)16-7-5-15(23)6-8-16)20-17(11-24)21(29)27(4)22-19(20)25-14(2)30-22/h5-8,13,18H,9-10,12H2,1-4H3/t13-,18+/m0/s1. The molecule has 0 N–H and O–H groups in total. The van der Waals surface area contributed by atoms with Crippen LogP contribution < -0.4 is 15.4 Å². The molecule has 2 atom stereocenters. The molecule has 6 nitrogen and oxygen atoms in total. The zero-order valence-corrected chi connectivity index (χ0v) is 19.1. The van der Waals surface area contributed by atoms with Gasteiger partial charge < -0.3 is 14.4 Å². The van der Waals surface area contributed by atoms with Crippen LogP contribution >= 0.6 is 22.9 Å². The van der Waals surface area contributed by atoms with Crippen molar-refractivity contribution in [2.45, 2.75) is 26.3 Å². The molecule has 0 spiro atoms. The molecule has 156 valence electrons. The lowest BCUT2D eigenvalue weighted by Gasteiger charge is -2.43. The number of benzene rings is 1. The summed E-state index contributed by atoms with van der Waals surface area (Å²) in [7, 11) is 3.82. The van der Waals surface area contributed by atoms with Gasteiger partial charge >= 0.3 is 0 Å². The third-order valence-electron chi connectivity index (χ3n) is 6.02. The molecule has 3 aromatic rings. The number of piperidine rings is 1. The number of hydrogen-bond acceptors (Lipinski definition) is 6. The zero-order chi connectivity index (χ0) is 21.6. The van der Waals surface area contributed by atoms with Gasteiger partial charge in [-0.05, 0) is 43.5 Å². The maximum atomic E-state index is 12.8. The summed E-state index contributed by atoms with van der Waals surface area (Å²) in [6, 6.07) is 10.4. The maximum absolute atomic E-state index is 12.8. The van der Waals surface area contributed by atoms with Crippen LogP contribution in [0.2, 0.25) is 5.02 Å². The highest BCUT2D eigenvalue weighted by molar-refractivity contribution is 7.18. The summed E-state index contributed by atoms with van der Waals surface area (Å²) >= 11 is 7.53. The van der Waals surface area contributed by atoms with Gasteiger partial charge in [0.25, 0.3) is 5.56 Å². The van der Waals surface area contributed by atoms with Crippen molar-refractivity contribution in [2.75, 3.05) is 29.9 Å². The smallest absolute Gasteiger partial charge is 0.271 e. The molecule has 8 heteroatoms. The number of hydrogen-bond donors (Lipinski definition) is 0. The third-order valence-corrected chi connectivity index (χ3v) is 7.32. The average Bonchev–Trinajstić information content (AvgIpc) is 3.12. The molecular formula is C22H24ClN5OS. The van der Waals surface area contributed by atoms with E-state index in [4.69, 9.17) is 11.6 Å². The fourth-order valence-corrected chi connectivity index (χ4v) is 5.47. The lowest BCUT2D eigenvalue weighted by Crippen LogP contribution is -2.49. The number of aromatic nitrogens is 2. The second-order valence-electron chi connectivity index (χ2n) is 7.95. The topological polar surface area (TPSA) is 65.2 Å². The van der Waals surface area contributed by atoms with E-state index in [-0.39, 0.29) is 11.1 Å². The third kappa shape index (κ3) is 3.44. The molecule has 0 amide bonds. The lowest BCUT2D eigenvalue weighted by molar-refractivity contribution is 0.371. The number of aryl methyl sites for hydroxylation is 2. The van der Waals surface area contributed by atoms with Gasteiger partial charge in [-0.25, -0.2) is 4.98 Å². The first-order chi connectivity index (χ1) is 14.3. The number of fused-ring (bicyclic) bond motifs is 1. The van der Waals surface area contributed by atoms with E-state index in [1.807, 2.05) is 31.2 Å². The van der Waals surface area contributed by atoms with Gasteiger partial charge in [-0.15, -0.1) is 11.3 Å². The van der Waals surface area contributed by atoms with Gasteiger partial charge in [-0.2, -0.15) is 5.26 Å². The number of pyridine rings is 1. The second kappa shape index (κ2) is 7.93. The molecule has 1 aliphatic rings. The monoisotopic (exact) mass is 441 g/mol. The highest BCUT2D eigenvalue weighted by Crippen LogP contribution is 2.35. The van der Waals surface area contributed by atoms with Crippen LogP contribution in [0.5, 0.6) is 0 Å². The molecule has 30 heavy (non-hydrogen) atoms. The lowest BCUT2D eigenvalue weighted by atomic mass is 9.91. The quantitative estimate of drug-likeness (QED) is 0.610. The van der Waals surface area contributed by atoms with Crippen molar-refractivity contribution in [1.82, 2.24) is 9.55 Å². The molecule has 1 fully saturated rings. The number of halogens is 1. The van der Waals surface area contributed by atoms with Gasteiger partial charge in [0.1, 0.15) is 22.0 Å². The Morgan fingerprint density at radius 3 is 2.67 bits per heavy atom. The Balaban J connectivity index is 1.68. The van der Waals surface area contributed by atoms with Crippen molar-refractivity contribution in [2.24, 2.45) is 13.0 Å². The van der Waals surface area contributed by atoms with Gasteiger partial charge in [-0.3, -0.25) is 4.79 Å². The highest BCUT2D eigenvalue weighted by Gasteiger charge is 2.32. The van der Waals surface area contributed by atoms with Crippen LogP contribution in [0.15, 0.2) is 29.1 Å². The van der Waals surface area contributed by atoms with Gasteiger partial charge in [0.15, 0.2) is 0 Å². The summed E-state index contributed by atoms with van der Waals surface area (Å²) in [4.78, 5) is 22.8. The molecule has 4 rings (SSSR count). The van der Waals surface area contributed by atoms with Gasteiger partial charge in [0.05, 0.1) is 10.7 Å². The van der Waals surface area contributed by atoms with Crippen LogP contribution in [0.4, 0.5) is 11.4 Å². The fourth-order valence-electron chi connectivity index (χ4n) is 4.47. The predicted molar refractivity (Wildman–Crippen MR) is 124 cm³/mol. The number of rotatable bonds is 3. The molecule has 3 heterocycles. The molecule has 0 radical (unpaired) electrons. The van der Waals surface area contributed by atoms with Gasteiger partial charge in [0.2, 0.25) is 0 Å². The average molecular weight is 442 g/mol. The largest absolute Gasteiger partial charge is 0.371 e. The van der Waals surface area contributed by atoms with Crippen molar-refractivity contribution in [1.29, 1.82) is 5.26 Å². The number of nitriles is 1. The molecular weight excluding hydrogens is 418 g/mol. The van der Waals surface area contributed by atoms with Crippen molar-refractivity contribution in [3.8, 4) is 6.07 Å². The summed E-state index contributed by atoms with van der Waals surface area (Å²) < 4.78 is 1.55. The van der Waals surface area contributed by atoms with E-state index in [1.54, 1.807) is 11.6 Å². The molecule has 1 aliphatic heterocycles. The first-order valence-corrected chi connectivity index (χ1v) is 11.1. The van der Waals surface area contributed by atoms with Crippen LogP contribution in [-0.4, -0.2) is 35.7 Å². The van der Waals surface area contributed by atoms with E-state index in [9.17, 15) is 10.1 Å². The predicted octanol–water partition coefficient (Wildman–Crippen LogP) is 4.18. The van der Waals surface area contributed by atoms with E-state index in [2.05, 4.69) is 34.8 Å². The minimum absolute atomic E-state index is 0.187. The first kappa shape index (κ1) is 20.7. The Kier molecular flexibility index (Phi) is 5.48. The van der Waals surface area contributed by atoms with Crippen LogP contribution in [0.25, 0.3) is 10.3 Å². The van der Waals surface area contributed by atoms with Gasteiger partial charge in [-0.1, -0.05) is 18.5 Å². The Bertz CT molecular complexity index is 1190. The highest BCUT2D eigenvalue weighted by atomic mass is 35.5. The van der Waals surface area contributed by atoms with Crippen LogP contribution in [0.1, 0.15) is 23.9 Å². The van der Waals surface area contributed by atoms with Crippen LogP contribution in [-0.2, 0) is 7.05 Å². The van der Waals surface area contributed by atoms with E-state index >= 15 is 0 Å². The zero-order valence-electron chi connectivity index (χ0n) is 17.5. The summed E-state index contributed by atoms with van der Waals surface area (Å²) in [6.07, 6.45) is 0.922. The van der Waals surface area contributed by atoms with E-state index in [1.165, 1.54) is 11.3 Å². The van der Waals surface area contributed by atoms with Crippen molar-refractivity contribution >= 4 is 44.7 Å².